The number of rotatable bonds is 7. The van der Waals surface area contributed by atoms with Crippen molar-refractivity contribution in [2.45, 2.75) is 23.1 Å². The third-order valence-corrected chi connectivity index (χ3v) is 8.50. The third-order valence-electron chi connectivity index (χ3n) is 6.10. The number of likely N-dealkylation sites (tertiary alicyclic amines) is 1. The summed E-state index contributed by atoms with van der Waals surface area (Å²) in [5.41, 5.74) is 2.27. The minimum Gasteiger partial charge on any atom is -0.484 e. The molecule has 0 saturated carbocycles. The number of anilines is 1. The van der Waals surface area contributed by atoms with E-state index in [0.717, 1.165) is 33.6 Å². The van der Waals surface area contributed by atoms with Crippen LogP contribution in [0.3, 0.4) is 0 Å². The highest BCUT2D eigenvalue weighted by atomic mass is 32.2. The van der Waals surface area contributed by atoms with Crippen LogP contribution in [0.4, 0.5) is 5.69 Å². The summed E-state index contributed by atoms with van der Waals surface area (Å²) < 4.78 is 5.70. The van der Waals surface area contributed by atoms with Crippen molar-refractivity contribution in [2.75, 3.05) is 18.5 Å². The molecule has 3 atom stereocenters. The Morgan fingerprint density at radius 3 is 2.65 bits per heavy atom. The van der Waals surface area contributed by atoms with Crippen molar-refractivity contribution >= 4 is 52.5 Å². The number of amides is 3. The lowest BCUT2D eigenvalue weighted by Gasteiger charge is -2.30. The standard InChI is InChI=1S/C25H21N3O7S2/c1-12-4-2-6-14(8-12)26-16(29)11-35-15-7-3-5-13(9-15)18-19-21(36-22-20(18)37-25(34)27-22)24(33)28(23(19)32)10-17(30)31/h2-9,18-19,21H,10-11H2,1H3,(H,26,29)(H,27,34)(H,30,31)/t18-,19?,21?/m1/s1. The van der Waals surface area contributed by atoms with Crippen LogP contribution in [0.25, 0.3) is 0 Å². The second-order valence-corrected chi connectivity index (χ2v) is 10.9. The van der Waals surface area contributed by atoms with Gasteiger partial charge in [0.05, 0.1) is 10.9 Å². The summed E-state index contributed by atoms with van der Waals surface area (Å²) in [5.74, 6) is -3.99. The third kappa shape index (κ3) is 4.89. The number of aromatic amines is 1. The predicted molar refractivity (Wildman–Crippen MR) is 136 cm³/mol. The van der Waals surface area contributed by atoms with Gasteiger partial charge >= 0.3 is 10.8 Å². The van der Waals surface area contributed by atoms with Crippen LogP contribution in [0, 0.1) is 12.8 Å². The lowest BCUT2D eigenvalue weighted by molar-refractivity contribution is -0.149. The summed E-state index contributed by atoms with van der Waals surface area (Å²) >= 11 is 2.03. The molecule has 1 fully saturated rings. The van der Waals surface area contributed by atoms with Crippen LogP contribution in [0.1, 0.15) is 21.9 Å². The number of carboxylic acid groups (broad SMARTS) is 1. The normalized spacial score (nSPS) is 20.4. The number of ether oxygens (including phenoxy) is 1. The number of aliphatic carboxylic acids is 1. The molecule has 3 N–H and O–H groups in total. The van der Waals surface area contributed by atoms with E-state index in [-0.39, 0.29) is 17.4 Å². The summed E-state index contributed by atoms with van der Waals surface area (Å²) in [6.07, 6.45) is 0. The molecule has 3 aromatic rings. The number of benzene rings is 2. The highest BCUT2D eigenvalue weighted by molar-refractivity contribution is 8.00. The Bertz CT molecular complexity index is 1480. The van der Waals surface area contributed by atoms with Crippen LogP contribution in [0.15, 0.2) is 58.4 Å². The van der Waals surface area contributed by atoms with Crippen molar-refractivity contribution in [1.82, 2.24) is 9.88 Å². The van der Waals surface area contributed by atoms with Gasteiger partial charge in [0.2, 0.25) is 11.8 Å². The topological polar surface area (TPSA) is 146 Å². The molecular weight excluding hydrogens is 518 g/mol. The first-order chi connectivity index (χ1) is 17.7. The van der Waals surface area contributed by atoms with Crippen LogP contribution in [-0.4, -0.2) is 57.1 Å². The number of hydrogen-bond donors (Lipinski definition) is 3. The summed E-state index contributed by atoms with van der Waals surface area (Å²) in [6.45, 7) is 0.944. The Labute approximate surface area is 218 Å². The van der Waals surface area contributed by atoms with Crippen molar-refractivity contribution in [3.63, 3.8) is 0 Å². The highest BCUT2D eigenvalue weighted by Gasteiger charge is 2.56. The molecule has 0 bridgehead atoms. The van der Waals surface area contributed by atoms with Gasteiger partial charge in [-0.25, -0.2) is 0 Å². The number of carbonyl (C=O) groups excluding carboxylic acids is 3. The fraction of sp³-hybridized carbons (Fsp3) is 0.240. The summed E-state index contributed by atoms with van der Waals surface area (Å²) in [5, 5.41) is 11.6. The smallest absolute Gasteiger partial charge is 0.323 e. The summed E-state index contributed by atoms with van der Waals surface area (Å²) in [7, 11) is 0. The number of aryl methyl sites for hydroxylation is 1. The maximum Gasteiger partial charge on any atom is 0.323 e. The minimum absolute atomic E-state index is 0.253. The Hall–Kier alpha value is -3.90. The molecular formula is C25H21N3O7S2. The molecule has 1 aromatic heterocycles. The number of fused-ring (bicyclic) bond motifs is 2. The fourth-order valence-electron chi connectivity index (χ4n) is 4.59. The van der Waals surface area contributed by atoms with E-state index in [1.165, 1.54) is 0 Å². The molecule has 2 unspecified atom stereocenters. The van der Waals surface area contributed by atoms with Gasteiger partial charge in [-0.3, -0.25) is 28.9 Å². The van der Waals surface area contributed by atoms with Crippen molar-refractivity contribution < 1.29 is 29.0 Å². The molecule has 0 aliphatic carbocycles. The number of aromatic nitrogens is 1. The molecule has 0 radical (unpaired) electrons. The van der Waals surface area contributed by atoms with Crippen molar-refractivity contribution in [3.05, 3.63) is 74.2 Å². The lowest BCUT2D eigenvalue weighted by Crippen LogP contribution is -2.36. The summed E-state index contributed by atoms with van der Waals surface area (Å²) in [4.78, 5) is 65.8. The Morgan fingerprint density at radius 2 is 1.89 bits per heavy atom. The molecule has 3 amide bonds. The van der Waals surface area contributed by atoms with Crippen LogP contribution >= 0.6 is 23.1 Å². The Balaban J connectivity index is 1.41. The van der Waals surface area contributed by atoms with Crippen LogP contribution in [0.5, 0.6) is 5.75 Å². The number of hydrogen-bond acceptors (Lipinski definition) is 8. The maximum absolute atomic E-state index is 13.2. The zero-order valence-electron chi connectivity index (χ0n) is 19.4. The van der Waals surface area contributed by atoms with Gasteiger partial charge in [0.15, 0.2) is 6.61 Å². The highest BCUT2D eigenvalue weighted by Crippen LogP contribution is 2.52. The van der Waals surface area contributed by atoms with E-state index in [9.17, 15) is 29.1 Å². The number of H-pyrrole nitrogens is 1. The minimum atomic E-state index is -1.29. The van der Waals surface area contributed by atoms with Gasteiger partial charge in [-0.1, -0.05) is 47.4 Å². The van der Waals surface area contributed by atoms with E-state index < -0.39 is 41.4 Å². The second kappa shape index (κ2) is 9.87. The largest absolute Gasteiger partial charge is 0.484 e. The van der Waals surface area contributed by atoms with Crippen LogP contribution in [-0.2, 0) is 19.2 Å². The maximum atomic E-state index is 13.2. The van der Waals surface area contributed by atoms with Crippen LogP contribution in [0.2, 0.25) is 0 Å². The molecule has 2 aliphatic rings. The number of carboxylic acids is 1. The van der Waals surface area contributed by atoms with Crippen molar-refractivity contribution in [1.29, 1.82) is 0 Å². The van der Waals surface area contributed by atoms with E-state index in [1.54, 1.807) is 30.3 Å². The van der Waals surface area contributed by atoms with Gasteiger partial charge in [0.25, 0.3) is 5.91 Å². The zero-order chi connectivity index (χ0) is 26.3. The average molecular weight is 540 g/mol. The molecule has 3 heterocycles. The second-order valence-electron chi connectivity index (χ2n) is 8.68. The molecule has 190 valence electrons. The Morgan fingerprint density at radius 1 is 1.11 bits per heavy atom. The van der Waals surface area contributed by atoms with Gasteiger partial charge in [0, 0.05) is 16.5 Å². The first-order valence-electron chi connectivity index (χ1n) is 11.3. The number of thioether (sulfide) groups is 1. The van der Waals surface area contributed by atoms with Crippen LogP contribution < -0.4 is 14.9 Å². The first kappa shape index (κ1) is 24.8. The molecule has 12 heteroatoms. The van der Waals surface area contributed by atoms with Gasteiger partial charge < -0.3 is 20.1 Å². The predicted octanol–water partition coefficient (Wildman–Crippen LogP) is 2.44. The van der Waals surface area contributed by atoms with Gasteiger partial charge in [-0.15, -0.1) is 0 Å². The molecule has 2 aromatic carbocycles. The van der Waals surface area contributed by atoms with Crippen molar-refractivity contribution in [3.8, 4) is 5.75 Å². The van der Waals surface area contributed by atoms with Gasteiger partial charge in [0.1, 0.15) is 17.5 Å². The SMILES string of the molecule is Cc1cccc(NC(=O)COc2cccc([C@H]3c4sc(=O)[nH]c4SC4C(=O)N(CC(=O)O)C(=O)C43)c2)c1. The quantitative estimate of drug-likeness (QED) is 0.388. The number of imide groups is 1. The van der Waals surface area contributed by atoms with Gasteiger partial charge in [-0.2, -0.15) is 0 Å². The summed E-state index contributed by atoms with van der Waals surface area (Å²) in [6, 6.07) is 14.2. The molecule has 1 saturated heterocycles. The molecule has 10 nitrogen and oxygen atoms in total. The van der Waals surface area contributed by atoms with Gasteiger partial charge in [-0.05, 0) is 42.3 Å². The number of nitrogens with one attached hydrogen (secondary N) is 2. The number of thiazole rings is 1. The fourth-order valence-corrected chi connectivity index (χ4v) is 7.13. The van der Waals surface area contributed by atoms with E-state index in [4.69, 9.17) is 4.74 Å². The zero-order valence-corrected chi connectivity index (χ0v) is 21.1. The molecule has 0 spiro atoms. The van der Waals surface area contributed by atoms with E-state index in [2.05, 4.69) is 10.3 Å². The van der Waals surface area contributed by atoms with E-state index >= 15 is 0 Å². The molecule has 37 heavy (non-hydrogen) atoms. The first-order valence-corrected chi connectivity index (χ1v) is 13.0. The lowest BCUT2D eigenvalue weighted by atomic mass is 9.83. The van der Waals surface area contributed by atoms with E-state index in [0.29, 0.717) is 26.9 Å². The molecule has 2 aliphatic heterocycles. The molecule has 5 rings (SSSR count). The Kier molecular flexibility index (Phi) is 6.61. The number of carbonyl (C=O) groups is 4. The monoisotopic (exact) mass is 539 g/mol. The van der Waals surface area contributed by atoms with E-state index in [1.807, 2.05) is 25.1 Å². The average Bonchev–Trinajstić information content (AvgIpc) is 3.33. The van der Waals surface area contributed by atoms with Crippen molar-refractivity contribution in [2.24, 2.45) is 5.92 Å². The number of nitrogens with zero attached hydrogens (tertiary/aromatic N) is 1.